The number of fused-ring (bicyclic) bond motifs is 1. The van der Waals surface area contributed by atoms with Crippen molar-refractivity contribution in [2.24, 2.45) is 0 Å². The fourth-order valence-electron chi connectivity index (χ4n) is 3.64. The Morgan fingerprint density at radius 1 is 1.33 bits per heavy atom. The van der Waals surface area contributed by atoms with Gasteiger partial charge in [-0.2, -0.15) is 5.10 Å². The number of piperidine rings is 1. The van der Waals surface area contributed by atoms with Crippen LogP contribution in [0.15, 0.2) is 36.7 Å². The number of nitrogens with zero attached hydrogens (tertiary/aromatic N) is 2. The smallest absolute Gasteiger partial charge is 0.318 e. The first-order valence-electron chi connectivity index (χ1n) is 8.58. The standard InChI is InChI=1S/C18H22N4O2/c23-18(21-15-9-13-5-1-2-7-17(13)24-12-15)22-8-4-3-6-16(22)14-10-19-20-11-14/h1-2,5,7,10-11,15-16H,3-4,6,8-9,12H2,(H,19,20)(H,21,23). The van der Waals surface area contributed by atoms with Gasteiger partial charge in [-0.15, -0.1) is 0 Å². The average molecular weight is 326 g/mol. The Morgan fingerprint density at radius 3 is 3.12 bits per heavy atom. The van der Waals surface area contributed by atoms with Gasteiger partial charge < -0.3 is 15.0 Å². The average Bonchev–Trinajstić information content (AvgIpc) is 3.16. The lowest BCUT2D eigenvalue weighted by molar-refractivity contribution is 0.142. The minimum Gasteiger partial charge on any atom is -0.491 e. The zero-order valence-corrected chi connectivity index (χ0v) is 13.6. The van der Waals surface area contributed by atoms with Gasteiger partial charge in [-0.3, -0.25) is 5.10 Å². The first-order valence-corrected chi connectivity index (χ1v) is 8.58. The van der Waals surface area contributed by atoms with E-state index in [4.69, 9.17) is 4.74 Å². The molecule has 0 saturated carbocycles. The number of hydrogen-bond acceptors (Lipinski definition) is 3. The Labute approximate surface area is 141 Å². The summed E-state index contributed by atoms with van der Waals surface area (Å²) in [6, 6.07) is 8.13. The van der Waals surface area contributed by atoms with E-state index >= 15 is 0 Å². The van der Waals surface area contributed by atoms with Crippen molar-refractivity contribution < 1.29 is 9.53 Å². The molecule has 24 heavy (non-hydrogen) atoms. The Balaban J connectivity index is 1.44. The van der Waals surface area contributed by atoms with Gasteiger partial charge >= 0.3 is 6.03 Å². The molecular formula is C18H22N4O2. The van der Waals surface area contributed by atoms with E-state index in [0.29, 0.717) is 6.61 Å². The zero-order valence-electron chi connectivity index (χ0n) is 13.6. The third-order valence-electron chi connectivity index (χ3n) is 4.87. The van der Waals surface area contributed by atoms with Gasteiger partial charge in [0.15, 0.2) is 0 Å². The van der Waals surface area contributed by atoms with Gasteiger partial charge in [-0.1, -0.05) is 18.2 Å². The molecule has 4 rings (SSSR count). The van der Waals surface area contributed by atoms with Gasteiger partial charge in [-0.05, 0) is 37.3 Å². The van der Waals surface area contributed by atoms with Crippen LogP contribution in [-0.4, -0.2) is 40.3 Å². The van der Waals surface area contributed by atoms with E-state index in [1.54, 1.807) is 0 Å². The molecule has 1 aromatic carbocycles. The maximum Gasteiger partial charge on any atom is 0.318 e. The first-order chi connectivity index (χ1) is 11.8. The SMILES string of the molecule is O=C(NC1COc2ccccc2C1)N1CCCCC1c1cn[nH]c1. The highest BCUT2D eigenvalue weighted by Gasteiger charge is 2.30. The second-order valence-corrected chi connectivity index (χ2v) is 6.51. The lowest BCUT2D eigenvalue weighted by Crippen LogP contribution is -2.51. The Morgan fingerprint density at radius 2 is 2.25 bits per heavy atom. The number of aromatic nitrogens is 2. The van der Waals surface area contributed by atoms with Crippen LogP contribution in [0.25, 0.3) is 0 Å². The number of para-hydroxylation sites is 1. The highest BCUT2D eigenvalue weighted by Crippen LogP contribution is 2.30. The molecule has 2 N–H and O–H groups in total. The number of likely N-dealkylation sites (tertiary alicyclic amines) is 1. The number of ether oxygens (including phenoxy) is 1. The van der Waals surface area contributed by atoms with Crippen molar-refractivity contribution in [1.29, 1.82) is 0 Å². The van der Waals surface area contributed by atoms with Crippen LogP contribution in [0.4, 0.5) is 4.79 Å². The number of hydrogen-bond donors (Lipinski definition) is 2. The molecule has 0 radical (unpaired) electrons. The molecule has 6 nitrogen and oxygen atoms in total. The number of urea groups is 1. The maximum absolute atomic E-state index is 12.8. The van der Waals surface area contributed by atoms with E-state index in [2.05, 4.69) is 21.6 Å². The van der Waals surface area contributed by atoms with Crippen molar-refractivity contribution in [3.63, 3.8) is 0 Å². The van der Waals surface area contributed by atoms with Gasteiger partial charge in [0.05, 0.1) is 18.3 Å². The van der Waals surface area contributed by atoms with Crippen molar-refractivity contribution in [2.45, 2.75) is 37.8 Å². The number of H-pyrrole nitrogens is 1. The van der Waals surface area contributed by atoms with Gasteiger partial charge in [0.2, 0.25) is 0 Å². The second-order valence-electron chi connectivity index (χ2n) is 6.51. The Kier molecular flexibility index (Phi) is 4.11. The van der Waals surface area contributed by atoms with Gasteiger partial charge in [0, 0.05) is 18.3 Å². The topological polar surface area (TPSA) is 70.2 Å². The summed E-state index contributed by atoms with van der Waals surface area (Å²) in [6.45, 7) is 1.30. The van der Waals surface area contributed by atoms with Crippen LogP contribution in [0.5, 0.6) is 5.75 Å². The number of nitrogens with one attached hydrogen (secondary N) is 2. The molecule has 2 aliphatic heterocycles. The van der Waals surface area contributed by atoms with E-state index in [1.807, 2.05) is 35.5 Å². The molecule has 1 aromatic heterocycles. The summed E-state index contributed by atoms with van der Waals surface area (Å²) in [6.07, 6.45) is 7.68. The molecular weight excluding hydrogens is 304 g/mol. The number of carbonyl (C=O) groups is 1. The lowest BCUT2D eigenvalue weighted by atomic mass is 9.98. The first kappa shape index (κ1) is 15.1. The molecule has 0 bridgehead atoms. The Hall–Kier alpha value is -2.50. The van der Waals surface area contributed by atoms with E-state index < -0.39 is 0 Å². The van der Waals surface area contributed by atoms with Crippen molar-refractivity contribution in [1.82, 2.24) is 20.4 Å². The summed E-state index contributed by atoms with van der Waals surface area (Å²) in [5.41, 5.74) is 2.23. The van der Waals surface area contributed by atoms with E-state index in [1.165, 1.54) is 0 Å². The van der Waals surface area contributed by atoms with E-state index in [0.717, 1.165) is 49.1 Å². The molecule has 2 unspecified atom stereocenters. The van der Waals surface area contributed by atoms with Crippen LogP contribution in [0.1, 0.15) is 36.4 Å². The van der Waals surface area contributed by atoms with Crippen molar-refractivity contribution >= 4 is 6.03 Å². The number of aromatic amines is 1. The van der Waals surface area contributed by atoms with Crippen LogP contribution < -0.4 is 10.1 Å². The fourth-order valence-corrected chi connectivity index (χ4v) is 3.64. The molecule has 2 aliphatic rings. The van der Waals surface area contributed by atoms with Crippen molar-refractivity contribution in [3.05, 3.63) is 47.8 Å². The summed E-state index contributed by atoms with van der Waals surface area (Å²) in [5.74, 6) is 0.928. The predicted octanol–water partition coefficient (Wildman–Crippen LogP) is 2.65. The van der Waals surface area contributed by atoms with E-state index in [-0.39, 0.29) is 18.1 Å². The molecule has 3 heterocycles. The molecule has 2 amide bonds. The van der Waals surface area contributed by atoms with Gasteiger partial charge in [0.1, 0.15) is 12.4 Å². The number of rotatable bonds is 2. The maximum atomic E-state index is 12.8. The number of benzene rings is 1. The Bertz CT molecular complexity index is 701. The zero-order chi connectivity index (χ0) is 16.4. The molecule has 1 saturated heterocycles. The third-order valence-corrected chi connectivity index (χ3v) is 4.87. The molecule has 126 valence electrons. The predicted molar refractivity (Wildman–Crippen MR) is 89.8 cm³/mol. The van der Waals surface area contributed by atoms with Crippen LogP contribution in [0, 0.1) is 0 Å². The second kappa shape index (κ2) is 6.55. The van der Waals surface area contributed by atoms with Gasteiger partial charge in [0.25, 0.3) is 0 Å². The monoisotopic (exact) mass is 326 g/mol. The van der Waals surface area contributed by atoms with Crippen LogP contribution in [0.2, 0.25) is 0 Å². The molecule has 0 spiro atoms. The van der Waals surface area contributed by atoms with E-state index in [9.17, 15) is 4.79 Å². The molecule has 6 heteroatoms. The molecule has 1 fully saturated rings. The van der Waals surface area contributed by atoms with Crippen LogP contribution in [0.3, 0.4) is 0 Å². The summed E-state index contributed by atoms with van der Waals surface area (Å²) >= 11 is 0. The fraction of sp³-hybridized carbons (Fsp3) is 0.444. The lowest BCUT2D eigenvalue weighted by Gasteiger charge is -2.37. The highest BCUT2D eigenvalue weighted by atomic mass is 16.5. The summed E-state index contributed by atoms with van der Waals surface area (Å²) < 4.78 is 5.78. The van der Waals surface area contributed by atoms with Crippen LogP contribution in [-0.2, 0) is 6.42 Å². The van der Waals surface area contributed by atoms with Gasteiger partial charge in [-0.25, -0.2) is 4.79 Å². The summed E-state index contributed by atoms with van der Waals surface area (Å²) in [5, 5.41) is 10.0. The summed E-state index contributed by atoms with van der Waals surface area (Å²) in [4.78, 5) is 14.8. The number of carbonyl (C=O) groups excluding carboxylic acids is 1. The van der Waals surface area contributed by atoms with Crippen LogP contribution >= 0.6 is 0 Å². The molecule has 0 aliphatic carbocycles. The quantitative estimate of drug-likeness (QED) is 0.891. The van der Waals surface area contributed by atoms with Crippen molar-refractivity contribution in [3.8, 4) is 5.75 Å². The molecule has 2 aromatic rings. The molecule has 2 atom stereocenters. The summed E-state index contributed by atoms with van der Waals surface area (Å²) in [7, 11) is 0. The minimum atomic E-state index is -0.00567. The third kappa shape index (κ3) is 2.96. The largest absolute Gasteiger partial charge is 0.491 e. The normalized spacial score (nSPS) is 23.2. The van der Waals surface area contributed by atoms with Crippen molar-refractivity contribution in [2.75, 3.05) is 13.2 Å². The minimum absolute atomic E-state index is 0.00567. The number of amides is 2. The highest BCUT2D eigenvalue weighted by molar-refractivity contribution is 5.75.